The molecule has 1 amide bonds. The van der Waals surface area contributed by atoms with Crippen LogP contribution in [0.2, 0.25) is 0 Å². The summed E-state index contributed by atoms with van der Waals surface area (Å²) in [4.78, 5) is 17.4. The highest BCUT2D eigenvalue weighted by atomic mass is 32.2. The van der Waals surface area contributed by atoms with Crippen LogP contribution in [-0.4, -0.2) is 36.8 Å². The predicted molar refractivity (Wildman–Crippen MR) is 96.7 cm³/mol. The van der Waals surface area contributed by atoms with Gasteiger partial charge < -0.3 is 10.1 Å². The van der Waals surface area contributed by atoms with Crippen LogP contribution in [0.15, 0.2) is 34.5 Å². The Morgan fingerprint density at radius 3 is 2.65 bits per heavy atom. The van der Waals surface area contributed by atoms with Crippen molar-refractivity contribution in [2.75, 3.05) is 19.8 Å². The van der Waals surface area contributed by atoms with Gasteiger partial charge in [-0.25, -0.2) is 4.98 Å². The molecule has 0 fully saturated rings. The van der Waals surface area contributed by atoms with E-state index in [-0.39, 0.29) is 19.1 Å². The second-order valence-corrected chi connectivity index (χ2v) is 7.56. The van der Waals surface area contributed by atoms with Crippen LogP contribution in [0, 0.1) is 6.92 Å². The van der Waals surface area contributed by atoms with Gasteiger partial charge in [-0.05, 0) is 37.6 Å². The van der Waals surface area contributed by atoms with Gasteiger partial charge in [0.05, 0.1) is 10.7 Å². The summed E-state index contributed by atoms with van der Waals surface area (Å²) in [5.41, 5.74) is 1.54. The Morgan fingerprint density at radius 2 is 2.04 bits per heavy atom. The fourth-order valence-corrected chi connectivity index (χ4v) is 3.51. The normalized spacial score (nSPS) is 11.5. The summed E-state index contributed by atoms with van der Waals surface area (Å²) in [7, 11) is 0. The summed E-state index contributed by atoms with van der Waals surface area (Å²) in [6.07, 6.45) is -4.00. The molecule has 2 aromatic rings. The van der Waals surface area contributed by atoms with Crippen molar-refractivity contribution >= 4 is 29.0 Å². The number of thiazole rings is 1. The Hall–Kier alpha value is -1.58. The first-order chi connectivity index (χ1) is 12.3. The second kappa shape index (κ2) is 9.94. The van der Waals surface area contributed by atoms with E-state index < -0.39 is 12.8 Å². The van der Waals surface area contributed by atoms with Gasteiger partial charge in [0.25, 0.3) is 5.91 Å². The van der Waals surface area contributed by atoms with Crippen LogP contribution in [0.3, 0.4) is 0 Å². The number of thioether (sulfide) groups is 1. The largest absolute Gasteiger partial charge is 0.411 e. The number of carbonyl (C=O) groups excluding carboxylic acids is 1. The number of nitrogens with one attached hydrogen (secondary N) is 1. The Labute approximate surface area is 158 Å². The monoisotopic (exact) mass is 404 g/mol. The zero-order valence-electron chi connectivity index (χ0n) is 14.1. The van der Waals surface area contributed by atoms with Crippen LogP contribution < -0.4 is 5.32 Å². The topological polar surface area (TPSA) is 51.2 Å². The van der Waals surface area contributed by atoms with Crippen LogP contribution >= 0.6 is 23.1 Å². The smallest absolute Gasteiger partial charge is 0.372 e. The van der Waals surface area contributed by atoms with Gasteiger partial charge in [-0.2, -0.15) is 13.2 Å². The molecule has 0 aliphatic heterocycles. The number of aryl methyl sites for hydroxylation is 1. The number of halogens is 3. The number of benzene rings is 1. The maximum atomic E-state index is 12.0. The lowest BCUT2D eigenvalue weighted by Gasteiger charge is -2.08. The predicted octanol–water partition coefficient (Wildman–Crippen LogP) is 4.44. The van der Waals surface area contributed by atoms with Gasteiger partial charge in [0.1, 0.15) is 6.61 Å². The van der Waals surface area contributed by atoms with Crippen LogP contribution in [0.4, 0.5) is 13.2 Å². The number of carbonyl (C=O) groups is 1. The minimum absolute atomic E-state index is 0.0501. The molecule has 0 aliphatic carbocycles. The molecule has 0 saturated heterocycles. The van der Waals surface area contributed by atoms with Crippen LogP contribution in [-0.2, 0) is 10.5 Å². The number of nitrogens with zero attached hydrogens (tertiary/aromatic N) is 1. The first-order valence-corrected chi connectivity index (χ1v) is 9.76. The van der Waals surface area contributed by atoms with Crippen molar-refractivity contribution in [2.24, 2.45) is 0 Å². The molecule has 0 spiro atoms. The third-order valence-corrected chi connectivity index (χ3v) is 5.05. The van der Waals surface area contributed by atoms with E-state index in [1.165, 1.54) is 0 Å². The van der Waals surface area contributed by atoms with E-state index in [1.54, 1.807) is 35.2 Å². The Balaban J connectivity index is 1.67. The van der Waals surface area contributed by atoms with Gasteiger partial charge in [-0.3, -0.25) is 4.79 Å². The number of ether oxygens (including phenoxy) is 1. The Kier molecular flexibility index (Phi) is 7.92. The van der Waals surface area contributed by atoms with Crippen LogP contribution in [0.25, 0.3) is 0 Å². The molecule has 26 heavy (non-hydrogen) atoms. The Morgan fingerprint density at radius 1 is 1.31 bits per heavy atom. The van der Waals surface area contributed by atoms with Gasteiger partial charge in [0.2, 0.25) is 0 Å². The molecule has 2 rings (SSSR count). The van der Waals surface area contributed by atoms with Gasteiger partial charge >= 0.3 is 6.18 Å². The van der Waals surface area contributed by atoms with Gasteiger partial charge in [0, 0.05) is 34.7 Å². The van der Waals surface area contributed by atoms with Crippen molar-refractivity contribution in [2.45, 2.75) is 30.2 Å². The molecule has 1 N–H and O–H groups in total. The summed E-state index contributed by atoms with van der Waals surface area (Å²) >= 11 is 3.26. The van der Waals surface area contributed by atoms with E-state index >= 15 is 0 Å². The molecule has 0 unspecified atom stereocenters. The number of aromatic nitrogens is 1. The van der Waals surface area contributed by atoms with Crippen LogP contribution in [0.1, 0.15) is 27.5 Å². The van der Waals surface area contributed by atoms with E-state index in [4.69, 9.17) is 0 Å². The molecule has 1 heterocycles. The van der Waals surface area contributed by atoms with Crippen molar-refractivity contribution < 1.29 is 22.7 Å². The minimum Gasteiger partial charge on any atom is -0.372 e. The van der Waals surface area contributed by atoms with E-state index in [0.29, 0.717) is 12.0 Å². The Bertz CT molecular complexity index is 703. The third-order valence-electron chi connectivity index (χ3n) is 3.19. The summed E-state index contributed by atoms with van der Waals surface area (Å²) in [5.74, 6) is 0.515. The molecule has 4 nitrogen and oxygen atoms in total. The van der Waals surface area contributed by atoms with Crippen molar-refractivity contribution in [1.82, 2.24) is 10.3 Å². The average Bonchev–Trinajstić information content (AvgIpc) is 3.01. The lowest BCUT2D eigenvalue weighted by atomic mass is 10.2. The molecule has 1 aromatic carbocycles. The van der Waals surface area contributed by atoms with E-state index in [9.17, 15) is 18.0 Å². The van der Waals surface area contributed by atoms with E-state index in [1.807, 2.05) is 24.4 Å². The summed E-state index contributed by atoms with van der Waals surface area (Å²) in [5, 5.41) is 5.73. The van der Waals surface area contributed by atoms with E-state index in [0.717, 1.165) is 21.3 Å². The fraction of sp³-hybridized carbons (Fsp3) is 0.412. The van der Waals surface area contributed by atoms with Crippen LogP contribution in [0.5, 0.6) is 0 Å². The van der Waals surface area contributed by atoms with Crippen molar-refractivity contribution in [1.29, 1.82) is 0 Å². The molecule has 142 valence electrons. The molecule has 0 atom stereocenters. The quantitative estimate of drug-likeness (QED) is 0.496. The SMILES string of the molecule is Cc1nc(CSc2ccc(C(=O)NCCCOCC(F)(F)F)cc2)cs1. The van der Waals surface area contributed by atoms with Gasteiger partial charge in [0.15, 0.2) is 0 Å². The first-order valence-electron chi connectivity index (χ1n) is 7.90. The lowest BCUT2D eigenvalue weighted by Crippen LogP contribution is -2.26. The molecule has 0 bridgehead atoms. The van der Waals surface area contributed by atoms with Crippen molar-refractivity contribution in [3.63, 3.8) is 0 Å². The van der Waals surface area contributed by atoms with Crippen molar-refractivity contribution in [3.05, 3.63) is 45.9 Å². The summed E-state index contributed by atoms with van der Waals surface area (Å²) < 4.78 is 40.2. The molecular weight excluding hydrogens is 385 g/mol. The zero-order valence-corrected chi connectivity index (χ0v) is 15.8. The maximum Gasteiger partial charge on any atom is 0.411 e. The number of rotatable bonds is 9. The fourth-order valence-electron chi connectivity index (χ4n) is 2.00. The number of alkyl halides is 3. The summed E-state index contributed by atoms with van der Waals surface area (Å²) in [6.45, 7) is 0.914. The highest BCUT2D eigenvalue weighted by Gasteiger charge is 2.27. The number of amides is 1. The maximum absolute atomic E-state index is 12.0. The molecule has 0 radical (unpaired) electrons. The molecular formula is C17H19F3N2O2S2. The first kappa shape index (κ1) is 20.7. The third kappa shape index (κ3) is 7.76. The molecule has 1 aromatic heterocycles. The molecule has 9 heteroatoms. The number of hydrogen-bond donors (Lipinski definition) is 1. The molecule has 0 saturated carbocycles. The number of hydrogen-bond acceptors (Lipinski definition) is 5. The standard InChI is InChI=1S/C17H19F3N2O2S2/c1-12-22-14(9-25-12)10-26-15-5-3-13(4-6-15)16(23)21-7-2-8-24-11-17(18,19)20/h3-6,9H,2,7-8,10-11H2,1H3,(H,21,23). The lowest BCUT2D eigenvalue weighted by molar-refractivity contribution is -0.173. The summed E-state index contributed by atoms with van der Waals surface area (Å²) in [6, 6.07) is 7.19. The average molecular weight is 404 g/mol. The molecule has 0 aliphatic rings. The van der Waals surface area contributed by atoms with Crippen molar-refractivity contribution in [3.8, 4) is 0 Å². The highest BCUT2D eigenvalue weighted by Crippen LogP contribution is 2.23. The van der Waals surface area contributed by atoms with E-state index in [2.05, 4.69) is 15.0 Å². The second-order valence-electron chi connectivity index (χ2n) is 5.45. The van der Waals surface area contributed by atoms with Gasteiger partial charge in [-0.15, -0.1) is 23.1 Å². The zero-order chi connectivity index (χ0) is 19.0. The van der Waals surface area contributed by atoms with Gasteiger partial charge in [-0.1, -0.05) is 0 Å². The minimum atomic E-state index is -4.32. The highest BCUT2D eigenvalue weighted by molar-refractivity contribution is 7.98.